The highest BCUT2D eigenvalue weighted by molar-refractivity contribution is 5.75. The van der Waals surface area contributed by atoms with Crippen LogP contribution in [-0.2, 0) is 6.42 Å². The number of carbonyl (C=O) groups excluding carboxylic acids is 1. The Morgan fingerprint density at radius 3 is 2.83 bits per heavy atom. The zero-order chi connectivity index (χ0) is 12.4. The van der Waals surface area contributed by atoms with E-state index in [1.54, 1.807) is 6.20 Å². The summed E-state index contributed by atoms with van der Waals surface area (Å²) in [5, 5.41) is 0. The summed E-state index contributed by atoms with van der Waals surface area (Å²) >= 11 is 0. The van der Waals surface area contributed by atoms with E-state index in [0.717, 1.165) is 31.5 Å². The molecule has 0 fully saturated rings. The van der Waals surface area contributed by atoms with E-state index in [0.29, 0.717) is 5.56 Å². The Bertz CT molecular complexity index is 563. The highest BCUT2D eigenvalue weighted by Gasteiger charge is 2.18. The van der Waals surface area contributed by atoms with Crippen molar-refractivity contribution in [3.63, 3.8) is 0 Å². The summed E-state index contributed by atoms with van der Waals surface area (Å²) in [6, 6.07) is 12.1. The molecule has 2 aromatic rings. The van der Waals surface area contributed by atoms with Gasteiger partial charge in [0.15, 0.2) is 6.29 Å². The number of benzene rings is 1. The summed E-state index contributed by atoms with van der Waals surface area (Å²) in [4.78, 5) is 17.2. The second kappa shape index (κ2) is 4.61. The van der Waals surface area contributed by atoms with Crippen LogP contribution in [0.1, 0.15) is 22.3 Å². The molecule has 1 aliphatic heterocycles. The molecule has 90 valence electrons. The topological polar surface area (TPSA) is 33.2 Å². The van der Waals surface area contributed by atoms with E-state index in [4.69, 9.17) is 0 Å². The van der Waals surface area contributed by atoms with Crippen LogP contribution >= 0.6 is 0 Å². The number of hydrogen-bond donors (Lipinski definition) is 0. The van der Waals surface area contributed by atoms with E-state index in [2.05, 4.69) is 34.1 Å². The molecule has 0 aliphatic carbocycles. The highest BCUT2D eigenvalue weighted by Crippen LogP contribution is 2.31. The van der Waals surface area contributed by atoms with Gasteiger partial charge in [-0.05, 0) is 36.6 Å². The number of rotatable bonds is 2. The van der Waals surface area contributed by atoms with Gasteiger partial charge in [-0.15, -0.1) is 0 Å². The standard InChI is InChI=1S/C15H14N2O/c18-11-12-7-8-15(16-10-12)17-9-3-5-13-4-1-2-6-14(13)17/h1-2,4,6-8,10-11H,3,5,9H2. The third-order valence-electron chi connectivity index (χ3n) is 3.29. The van der Waals surface area contributed by atoms with E-state index < -0.39 is 0 Å². The summed E-state index contributed by atoms with van der Waals surface area (Å²) in [7, 11) is 0. The Morgan fingerprint density at radius 2 is 2.06 bits per heavy atom. The molecule has 0 N–H and O–H groups in total. The summed E-state index contributed by atoms with van der Waals surface area (Å²) < 4.78 is 0. The Labute approximate surface area is 106 Å². The summed E-state index contributed by atoms with van der Waals surface area (Å²) in [6.07, 6.45) is 4.70. The quantitative estimate of drug-likeness (QED) is 0.754. The number of anilines is 2. The zero-order valence-electron chi connectivity index (χ0n) is 10.0. The molecule has 3 heteroatoms. The van der Waals surface area contributed by atoms with Crippen molar-refractivity contribution in [2.75, 3.05) is 11.4 Å². The van der Waals surface area contributed by atoms with Crippen LogP contribution in [0, 0.1) is 0 Å². The Kier molecular flexibility index (Phi) is 2.81. The molecular weight excluding hydrogens is 224 g/mol. The fourth-order valence-corrected chi connectivity index (χ4v) is 2.40. The van der Waals surface area contributed by atoms with Gasteiger partial charge in [0.2, 0.25) is 0 Å². The fourth-order valence-electron chi connectivity index (χ4n) is 2.40. The number of fused-ring (bicyclic) bond motifs is 1. The monoisotopic (exact) mass is 238 g/mol. The number of aromatic nitrogens is 1. The molecule has 0 amide bonds. The third kappa shape index (κ3) is 1.88. The number of pyridine rings is 1. The normalized spacial score (nSPS) is 14.1. The van der Waals surface area contributed by atoms with Crippen LogP contribution in [0.25, 0.3) is 0 Å². The van der Waals surface area contributed by atoms with Crippen LogP contribution in [0.15, 0.2) is 42.6 Å². The van der Waals surface area contributed by atoms with E-state index >= 15 is 0 Å². The van der Waals surface area contributed by atoms with Crippen molar-refractivity contribution >= 4 is 17.8 Å². The molecule has 1 aromatic heterocycles. The van der Waals surface area contributed by atoms with Crippen molar-refractivity contribution in [1.29, 1.82) is 0 Å². The smallest absolute Gasteiger partial charge is 0.151 e. The largest absolute Gasteiger partial charge is 0.326 e. The van der Waals surface area contributed by atoms with Crippen LogP contribution in [0.2, 0.25) is 0 Å². The number of para-hydroxylation sites is 1. The Balaban J connectivity index is 1.99. The van der Waals surface area contributed by atoms with Crippen molar-refractivity contribution in [2.24, 2.45) is 0 Å². The molecule has 0 unspecified atom stereocenters. The first kappa shape index (κ1) is 11.0. The first-order valence-electron chi connectivity index (χ1n) is 6.15. The van der Waals surface area contributed by atoms with E-state index in [1.807, 2.05) is 12.1 Å². The fraction of sp³-hybridized carbons (Fsp3) is 0.200. The number of nitrogens with zero attached hydrogens (tertiary/aromatic N) is 2. The van der Waals surface area contributed by atoms with Gasteiger partial charge in [-0.1, -0.05) is 18.2 Å². The SMILES string of the molecule is O=Cc1ccc(N2CCCc3ccccc32)nc1. The van der Waals surface area contributed by atoms with Crippen molar-refractivity contribution in [2.45, 2.75) is 12.8 Å². The maximum atomic E-state index is 10.6. The number of hydrogen-bond acceptors (Lipinski definition) is 3. The summed E-state index contributed by atoms with van der Waals surface area (Å²) in [5.74, 6) is 0.910. The number of aldehydes is 1. The van der Waals surface area contributed by atoms with Crippen LogP contribution in [0.4, 0.5) is 11.5 Å². The first-order chi connectivity index (χ1) is 8.88. The number of aryl methyl sites for hydroxylation is 1. The van der Waals surface area contributed by atoms with Gasteiger partial charge in [0.25, 0.3) is 0 Å². The van der Waals surface area contributed by atoms with E-state index in [-0.39, 0.29) is 0 Å². The molecule has 2 heterocycles. The molecule has 0 bridgehead atoms. The van der Waals surface area contributed by atoms with Gasteiger partial charge < -0.3 is 4.90 Å². The molecule has 0 saturated heterocycles. The highest BCUT2D eigenvalue weighted by atomic mass is 16.1. The lowest BCUT2D eigenvalue weighted by Gasteiger charge is -2.30. The molecule has 0 spiro atoms. The van der Waals surface area contributed by atoms with Crippen molar-refractivity contribution in [1.82, 2.24) is 4.98 Å². The maximum absolute atomic E-state index is 10.6. The predicted octanol–water partition coefficient (Wildman–Crippen LogP) is 2.98. The zero-order valence-corrected chi connectivity index (χ0v) is 10.0. The predicted molar refractivity (Wildman–Crippen MR) is 71.4 cm³/mol. The van der Waals surface area contributed by atoms with Crippen LogP contribution in [-0.4, -0.2) is 17.8 Å². The van der Waals surface area contributed by atoms with Crippen LogP contribution < -0.4 is 4.90 Å². The van der Waals surface area contributed by atoms with Crippen LogP contribution in [0.5, 0.6) is 0 Å². The summed E-state index contributed by atoms with van der Waals surface area (Å²) in [5.41, 5.74) is 3.21. The van der Waals surface area contributed by atoms with Gasteiger partial charge in [-0.3, -0.25) is 4.79 Å². The van der Waals surface area contributed by atoms with Crippen molar-refractivity contribution < 1.29 is 4.79 Å². The molecule has 18 heavy (non-hydrogen) atoms. The average molecular weight is 238 g/mol. The van der Waals surface area contributed by atoms with Gasteiger partial charge in [0.05, 0.1) is 0 Å². The van der Waals surface area contributed by atoms with Gasteiger partial charge >= 0.3 is 0 Å². The van der Waals surface area contributed by atoms with Crippen molar-refractivity contribution in [3.05, 3.63) is 53.7 Å². The Morgan fingerprint density at radius 1 is 1.17 bits per heavy atom. The lowest BCUT2D eigenvalue weighted by Crippen LogP contribution is -2.25. The number of carbonyl (C=O) groups is 1. The van der Waals surface area contributed by atoms with Gasteiger partial charge in [0, 0.05) is 24.0 Å². The second-order valence-corrected chi connectivity index (χ2v) is 4.45. The molecule has 0 saturated carbocycles. The molecular formula is C15H14N2O. The minimum absolute atomic E-state index is 0.615. The van der Waals surface area contributed by atoms with Gasteiger partial charge in [0.1, 0.15) is 5.82 Å². The maximum Gasteiger partial charge on any atom is 0.151 e. The lowest BCUT2D eigenvalue weighted by molar-refractivity contribution is 0.112. The molecule has 1 aliphatic rings. The van der Waals surface area contributed by atoms with Crippen molar-refractivity contribution in [3.8, 4) is 0 Å². The second-order valence-electron chi connectivity index (χ2n) is 4.45. The molecule has 0 atom stereocenters. The molecule has 0 radical (unpaired) electrons. The van der Waals surface area contributed by atoms with E-state index in [9.17, 15) is 4.79 Å². The first-order valence-corrected chi connectivity index (χ1v) is 6.15. The Hall–Kier alpha value is -2.16. The van der Waals surface area contributed by atoms with E-state index in [1.165, 1.54) is 11.3 Å². The van der Waals surface area contributed by atoms with Gasteiger partial charge in [-0.2, -0.15) is 0 Å². The molecule has 1 aromatic carbocycles. The minimum Gasteiger partial charge on any atom is -0.326 e. The third-order valence-corrected chi connectivity index (χ3v) is 3.29. The van der Waals surface area contributed by atoms with Gasteiger partial charge in [-0.25, -0.2) is 4.98 Å². The summed E-state index contributed by atoms with van der Waals surface area (Å²) in [6.45, 7) is 0.977. The molecule has 3 rings (SSSR count). The molecule has 3 nitrogen and oxygen atoms in total. The average Bonchev–Trinajstić information content (AvgIpc) is 2.47. The van der Waals surface area contributed by atoms with Crippen LogP contribution in [0.3, 0.4) is 0 Å². The lowest BCUT2D eigenvalue weighted by atomic mass is 10.0. The minimum atomic E-state index is 0.615.